The summed E-state index contributed by atoms with van der Waals surface area (Å²) in [7, 11) is 0. The van der Waals surface area contributed by atoms with Gasteiger partial charge in [0.25, 0.3) is 0 Å². The lowest BCUT2D eigenvalue weighted by Gasteiger charge is -2.27. The first-order valence-electron chi connectivity index (χ1n) is 8.12. The van der Waals surface area contributed by atoms with E-state index >= 15 is 0 Å². The minimum atomic E-state index is 0.757. The molecular formula is C17H28N2O2. The maximum Gasteiger partial charge on any atom is 0.0641 e. The third-order valence-corrected chi connectivity index (χ3v) is 3.82. The number of hydrogen-bond donors (Lipinski definition) is 1. The molecular weight excluding hydrogens is 264 g/mol. The van der Waals surface area contributed by atoms with Crippen molar-refractivity contribution in [3.8, 4) is 0 Å². The second kappa shape index (κ2) is 8.90. The third-order valence-electron chi connectivity index (χ3n) is 3.82. The largest absolute Gasteiger partial charge is 0.385 e. The molecule has 0 amide bonds. The van der Waals surface area contributed by atoms with Crippen LogP contribution in [0.5, 0.6) is 0 Å². The molecule has 0 radical (unpaired) electrons. The monoisotopic (exact) mass is 292 g/mol. The second-order valence-corrected chi connectivity index (χ2v) is 5.25. The summed E-state index contributed by atoms with van der Waals surface area (Å²) in [4.78, 5) is 2.35. The van der Waals surface area contributed by atoms with Crippen molar-refractivity contribution in [1.29, 1.82) is 0 Å². The lowest BCUT2D eigenvalue weighted by Crippen LogP contribution is -2.31. The summed E-state index contributed by atoms with van der Waals surface area (Å²) in [6, 6.07) is 6.75. The maximum absolute atomic E-state index is 5.51. The molecule has 1 aliphatic rings. The first-order chi connectivity index (χ1) is 10.3. The van der Waals surface area contributed by atoms with Gasteiger partial charge in [0.05, 0.1) is 13.2 Å². The molecule has 4 nitrogen and oxygen atoms in total. The fourth-order valence-electron chi connectivity index (χ4n) is 2.65. The summed E-state index contributed by atoms with van der Waals surface area (Å²) in [6.07, 6.45) is 2.41. The molecule has 1 aromatic carbocycles. The number of benzene rings is 1. The zero-order valence-electron chi connectivity index (χ0n) is 13.4. The molecule has 0 atom stereocenters. The van der Waals surface area contributed by atoms with Crippen molar-refractivity contribution in [2.75, 3.05) is 56.3 Å². The number of rotatable bonds is 9. The predicted molar refractivity (Wildman–Crippen MR) is 88.5 cm³/mol. The molecule has 1 N–H and O–H groups in total. The van der Waals surface area contributed by atoms with Crippen LogP contribution in [0.4, 0.5) is 11.4 Å². The van der Waals surface area contributed by atoms with E-state index in [9.17, 15) is 0 Å². The number of aryl methyl sites for hydroxylation is 1. The number of ether oxygens (including phenoxy) is 2. The van der Waals surface area contributed by atoms with E-state index in [0.717, 1.165) is 46.1 Å². The minimum Gasteiger partial charge on any atom is -0.385 e. The number of nitrogens with one attached hydrogen (secondary N) is 1. The van der Waals surface area contributed by atoms with Crippen LogP contribution in [0.25, 0.3) is 0 Å². The topological polar surface area (TPSA) is 33.7 Å². The van der Waals surface area contributed by atoms with Crippen molar-refractivity contribution < 1.29 is 9.47 Å². The number of hydrogen-bond acceptors (Lipinski definition) is 4. The average Bonchev–Trinajstić information content (AvgIpc) is 2.53. The molecule has 21 heavy (non-hydrogen) atoms. The fourth-order valence-corrected chi connectivity index (χ4v) is 2.65. The van der Waals surface area contributed by atoms with Crippen molar-refractivity contribution in [1.82, 2.24) is 0 Å². The van der Waals surface area contributed by atoms with Crippen molar-refractivity contribution in [2.24, 2.45) is 0 Å². The molecule has 1 aromatic rings. The van der Waals surface area contributed by atoms with Gasteiger partial charge in [-0.15, -0.1) is 0 Å². The molecule has 1 heterocycles. The SMILES string of the molecule is CCOCCN(CCOCC)c1ccc2c(c1)NCCC2. The number of anilines is 2. The Kier molecular flexibility index (Phi) is 6.83. The second-order valence-electron chi connectivity index (χ2n) is 5.25. The lowest BCUT2D eigenvalue weighted by atomic mass is 10.0. The van der Waals surface area contributed by atoms with Crippen LogP contribution in [0, 0.1) is 0 Å². The van der Waals surface area contributed by atoms with E-state index in [1.807, 2.05) is 13.8 Å². The summed E-state index contributed by atoms with van der Waals surface area (Å²) in [5, 5.41) is 3.50. The van der Waals surface area contributed by atoms with Gasteiger partial charge in [0.15, 0.2) is 0 Å². The highest BCUT2D eigenvalue weighted by atomic mass is 16.5. The molecule has 0 spiro atoms. The maximum atomic E-state index is 5.51. The van der Waals surface area contributed by atoms with Crippen molar-refractivity contribution in [3.05, 3.63) is 23.8 Å². The summed E-state index contributed by atoms with van der Waals surface area (Å²) < 4.78 is 11.0. The van der Waals surface area contributed by atoms with Crippen molar-refractivity contribution in [2.45, 2.75) is 26.7 Å². The Balaban J connectivity index is 2.03. The van der Waals surface area contributed by atoms with Gasteiger partial charge in [0.2, 0.25) is 0 Å². The molecule has 0 aromatic heterocycles. The third kappa shape index (κ3) is 4.90. The van der Waals surface area contributed by atoms with Crippen LogP contribution in [0.15, 0.2) is 18.2 Å². The average molecular weight is 292 g/mol. The minimum absolute atomic E-state index is 0.757. The normalized spacial score (nSPS) is 13.6. The van der Waals surface area contributed by atoms with E-state index in [1.54, 1.807) is 0 Å². The first-order valence-corrected chi connectivity index (χ1v) is 8.12. The van der Waals surface area contributed by atoms with Gasteiger partial charge in [-0.1, -0.05) is 6.07 Å². The Hall–Kier alpha value is -1.26. The summed E-state index contributed by atoms with van der Waals surface area (Å²) >= 11 is 0. The standard InChI is InChI=1S/C17H28N2O2/c1-3-20-12-10-19(11-13-21-4-2)16-8-7-15-6-5-9-18-17(15)14-16/h7-8,14,18H,3-6,9-13H2,1-2H3. The van der Waals surface area contributed by atoms with E-state index in [0.29, 0.717) is 0 Å². The first kappa shape index (κ1) is 16.1. The van der Waals surface area contributed by atoms with Gasteiger partial charge in [0, 0.05) is 44.2 Å². The van der Waals surface area contributed by atoms with Crippen LogP contribution in [-0.2, 0) is 15.9 Å². The van der Waals surface area contributed by atoms with Crippen LogP contribution in [0.2, 0.25) is 0 Å². The molecule has 0 fully saturated rings. The van der Waals surface area contributed by atoms with Crippen LogP contribution in [-0.4, -0.2) is 46.1 Å². The summed E-state index contributed by atoms with van der Waals surface area (Å²) in [5.41, 5.74) is 3.97. The van der Waals surface area contributed by atoms with Crippen LogP contribution < -0.4 is 10.2 Å². The Bertz CT molecular complexity index is 413. The molecule has 2 rings (SSSR count). The molecule has 4 heteroatoms. The van der Waals surface area contributed by atoms with Crippen molar-refractivity contribution >= 4 is 11.4 Å². The van der Waals surface area contributed by atoms with Gasteiger partial charge in [-0.3, -0.25) is 0 Å². The van der Waals surface area contributed by atoms with Crippen LogP contribution in [0.1, 0.15) is 25.8 Å². The van der Waals surface area contributed by atoms with Gasteiger partial charge in [-0.05, 0) is 44.4 Å². The molecule has 0 saturated carbocycles. The molecule has 1 aliphatic heterocycles. The molecule has 0 unspecified atom stereocenters. The highest BCUT2D eigenvalue weighted by Crippen LogP contribution is 2.27. The molecule has 0 aliphatic carbocycles. The van der Waals surface area contributed by atoms with Crippen LogP contribution >= 0.6 is 0 Å². The Labute approximate surface area is 128 Å². The van der Waals surface area contributed by atoms with Gasteiger partial charge in [-0.2, -0.15) is 0 Å². The highest BCUT2D eigenvalue weighted by molar-refractivity contribution is 5.63. The van der Waals surface area contributed by atoms with Gasteiger partial charge >= 0.3 is 0 Å². The number of fused-ring (bicyclic) bond motifs is 1. The smallest absolute Gasteiger partial charge is 0.0641 e. The Morgan fingerprint density at radius 2 is 1.81 bits per heavy atom. The number of nitrogens with zero attached hydrogens (tertiary/aromatic N) is 1. The zero-order chi connectivity index (χ0) is 14.9. The zero-order valence-corrected chi connectivity index (χ0v) is 13.4. The lowest BCUT2D eigenvalue weighted by molar-refractivity contribution is 0.141. The van der Waals surface area contributed by atoms with Crippen molar-refractivity contribution in [3.63, 3.8) is 0 Å². The van der Waals surface area contributed by atoms with E-state index in [4.69, 9.17) is 9.47 Å². The van der Waals surface area contributed by atoms with Gasteiger partial charge in [-0.25, -0.2) is 0 Å². The molecule has 0 bridgehead atoms. The Morgan fingerprint density at radius 3 is 2.48 bits per heavy atom. The summed E-state index contributed by atoms with van der Waals surface area (Å²) in [5.74, 6) is 0. The van der Waals surface area contributed by atoms with E-state index < -0.39 is 0 Å². The van der Waals surface area contributed by atoms with Gasteiger partial charge in [0.1, 0.15) is 0 Å². The van der Waals surface area contributed by atoms with Gasteiger partial charge < -0.3 is 19.7 Å². The molecule has 0 saturated heterocycles. The quantitative estimate of drug-likeness (QED) is 0.710. The van der Waals surface area contributed by atoms with Crippen LogP contribution in [0.3, 0.4) is 0 Å². The van der Waals surface area contributed by atoms with E-state index in [2.05, 4.69) is 28.4 Å². The highest BCUT2D eigenvalue weighted by Gasteiger charge is 2.12. The van der Waals surface area contributed by atoms with E-state index in [-0.39, 0.29) is 0 Å². The predicted octanol–water partition coefficient (Wildman–Crippen LogP) is 2.92. The Morgan fingerprint density at radius 1 is 1.10 bits per heavy atom. The fraction of sp³-hybridized carbons (Fsp3) is 0.647. The van der Waals surface area contributed by atoms with E-state index in [1.165, 1.54) is 29.8 Å². The summed E-state index contributed by atoms with van der Waals surface area (Å²) in [6.45, 7) is 10.0. The molecule has 118 valence electrons.